The Morgan fingerprint density at radius 3 is 2.51 bits per heavy atom. The molecule has 1 saturated heterocycles. The fraction of sp³-hybridized carbons (Fsp3) is 0.607. The number of aromatic nitrogens is 4. The molecule has 0 atom stereocenters. The Hall–Kier alpha value is -3.15. The van der Waals surface area contributed by atoms with Crippen molar-refractivity contribution in [3.05, 3.63) is 29.5 Å². The van der Waals surface area contributed by atoms with E-state index >= 15 is 0 Å². The van der Waals surface area contributed by atoms with E-state index < -0.39 is 0 Å². The first-order valence-corrected chi connectivity index (χ1v) is 13.8. The Labute approximate surface area is 230 Å². The van der Waals surface area contributed by atoms with Gasteiger partial charge in [-0.1, -0.05) is 13.3 Å². The van der Waals surface area contributed by atoms with Gasteiger partial charge in [-0.25, -0.2) is 4.98 Å². The maximum atomic E-state index is 9.63. The molecule has 214 valence electrons. The number of fused-ring (bicyclic) bond motifs is 1. The van der Waals surface area contributed by atoms with E-state index in [1.807, 2.05) is 15.8 Å². The molecule has 39 heavy (non-hydrogen) atoms. The van der Waals surface area contributed by atoms with Crippen molar-refractivity contribution in [2.24, 2.45) is 0 Å². The highest BCUT2D eigenvalue weighted by molar-refractivity contribution is 5.86. The van der Waals surface area contributed by atoms with Gasteiger partial charge >= 0.3 is 0 Å². The van der Waals surface area contributed by atoms with Gasteiger partial charge in [0.1, 0.15) is 17.0 Å². The van der Waals surface area contributed by atoms with E-state index in [4.69, 9.17) is 25.0 Å². The highest BCUT2D eigenvalue weighted by Crippen LogP contribution is 2.39. The van der Waals surface area contributed by atoms with Crippen molar-refractivity contribution in [3.8, 4) is 11.5 Å². The summed E-state index contributed by atoms with van der Waals surface area (Å²) in [5, 5.41) is 14.5. The van der Waals surface area contributed by atoms with E-state index in [2.05, 4.69) is 33.9 Å². The molecule has 3 aromatic rings. The number of nitrogens with two attached hydrogens (primary N) is 1. The van der Waals surface area contributed by atoms with E-state index in [1.54, 1.807) is 21.3 Å². The van der Waals surface area contributed by atoms with Crippen molar-refractivity contribution < 1.29 is 19.3 Å². The molecule has 1 aliphatic heterocycles. The molecule has 0 aliphatic carbocycles. The van der Waals surface area contributed by atoms with Crippen molar-refractivity contribution in [3.63, 3.8) is 0 Å². The molecule has 1 aliphatic rings. The topological polar surface area (TPSA) is 124 Å². The van der Waals surface area contributed by atoms with Crippen LogP contribution in [0.4, 0.5) is 11.8 Å². The number of methoxy groups -OCH3 is 3. The monoisotopic (exact) mass is 541 g/mol. The van der Waals surface area contributed by atoms with Gasteiger partial charge in [-0.15, -0.1) is 0 Å². The summed E-state index contributed by atoms with van der Waals surface area (Å²) in [4.78, 5) is 13.4. The predicted octanol–water partition coefficient (Wildman–Crippen LogP) is 2.90. The molecule has 3 heterocycles. The van der Waals surface area contributed by atoms with Gasteiger partial charge in [0, 0.05) is 37.9 Å². The molecule has 0 unspecified atom stereocenters. The number of likely N-dealkylation sites (tertiary alicyclic amines) is 1. The van der Waals surface area contributed by atoms with Crippen LogP contribution >= 0.6 is 0 Å². The third-order valence-corrected chi connectivity index (χ3v) is 7.46. The Kier molecular flexibility index (Phi) is 10.2. The van der Waals surface area contributed by atoms with E-state index in [1.165, 1.54) is 5.56 Å². The second kappa shape index (κ2) is 13.8. The lowest BCUT2D eigenvalue weighted by Crippen LogP contribution is -2.35. The van der Waals surface area contributed by atoms with E-state index in [-0.39, 0.29) is 12.6 Å². The summed E-state index contributed by atoms with van der Waals surface area (Å²) in [7, 11) is 5.17. The standard InChI is InChI=1S/C28H43N7O4/c1-5-6-9-34(12-14-36)27-26-23(30-28(29)31-27)19-35(32-26)18-21-16-25(39-4)22(17-24(21)38-3)20-7-10-33(11-8-20)13-15-37-2/h16-17,19-20,36H,5-15,18H2,1-4H3,(H2,29,30). The van der Waals surface area contributed by atoms with Crippen LogP contribution in [0.1, 0.15) is 49.7 Å². The van der Waals surface area contributed by atoms with Crippen LogP contribution < -0.4 is 20.1 Å². The van der Waals surface area contributed by atoms with Gasteiger partial charge in [0.05, 0.1) is 40.2 Å². The van der Waals surface area contributed by atoms with Crippen LogP contribution in [0, 0.1) is 0 Å². The number of anilines is 2. The zero-order chi connectivity index (χ0) is 27.8. The molecule has 0 radical (unpaired) electrons. The van der Waals surface area contributed by atoms with Gasteiger partial charge in [-0.2, -0.15) is 10.1 Å². The van der Waals surface area contributed by atoms with Gasteiger partial charge in [-0.3, -0.25) is 4.68 Å². The summed E-state index contributed by atoms with van der Waals surface area (Å²) in [5.41, 5.74) is 9.54. The lowest BCUT2D eigenvalue weighted by molar-refractivity contribution is 0.130. The average molecular weight is 542 g/mol. The average Bonchev–Trinajstić information content (AvgIpc) is 3.35. The zero-order valence-corrected chi connectivity index (χ0v) is 23.7. The molecule has 2 aromatic heterocycles. The summed E-state index contributed by atoms with van der Waals surface area (Å²) in [6.45, 7) is 7.65. The number of aliphatic hydroxyl groups excluding tert-OH is 1. The summed E-state index contributed by atoms with van der Waals surface area (Å²) in [5.74, 6) is 2.93. The number of benzene rings is 1. The maximum Gasteiger partial charge on any atom is 0.222 e. The molecule has 11 heteroatoms. The van der Waals surface area contributed by atoms with Crippen LogP contribution in [0.5, 0.6) is 11.5 Å². The zero-order valence-electron chi connectivity index (χ0n) is 23.7. The van der Waals surface area contributed by atoms with Crippen molar-refractivity contribution in [2.45, 2.75) is 45.1 Å². The highest BCUT2D eigenvalue weighted by Gasteiger charge is 2.25. The summed E-state index contributed by atoms with van der Waals surface area (Å²) < 4.78 is 18.8. The number of hydrogen-bond donors (Lipinski definition) is 2. The van der Waals surface area contributed by atoms with Crippen molar-refractivity contribution in [2.75, 3.05) is 77.9 Å². The largest absolute Gasteiger partial charge is 0.496 e. The van der Waals surface area contributed by atoms with E-state index in [0.717, 1.165) is 75.5 Å². The summed E-state index contributed by atoms with van der Waals surface area (Å²) in [6.07, 6.45) is 6.02. The molecule has 0 bridgehead atoms. The smallest absolute Gasteiger partial charge is 0.222 e. The molecule has 11 nitrogen and oxygen atoms in total. The van der Waals surface area contributed by atoms with Gasteiger partial charge in [-0.05, 0) is 50.4 Å². The minimum atomic E-state index is 0.0192. The first-order chi connectivity index (χ1) is 19.0. The number of nitrogen functional groups attached to an aromatic ring is 1. The number of unbranched alkanes of at least 4 members (excludes halogenated alkanes) is 1. The molecule has 3 N–H and O–H groups in total. The third kappa shape index (κ3) is 6.90. The molecule has 1 aromatic carbocycles. The van der Waals surface area contributed by atoms with Crippen LogP contribution in [0.15, 0.2) is 18.3 Å². The van der Waals surface area contributed by atoms with Crippen LogP contribution in [0.3, 0.4) is 0 Å². The van der Waals surface area contributed by atoms with Gasteiger partial charge < -0.3 is 34.9 Å². The van der Waals surface area contributed by atoms with Gasteiger partial charge in [0.15, 0.2) is 11.3 Å². The van der Waals surface area contributed by atoms with Crippen molar-refractivity contribution in [1.29, 1.82) is 0 Å². The number of nitrogens with zero attached hydrogens (tertiary/aromatic N) is 6. The first kappa shape index (κ1) is 28.8. The Balaban J connectivity index is 1.60. The van der Waals surface area contributed by atoms with Crippen LogP contribution in [-0.4, -0.2) is 97.0 Å². The number of piperidine rings is 1. The quantitative estimate of drug-likeness (QED) is 0.315. The fourth-order valence-corrected chi connectivity index (χ4v) is 5.35. The Morgan fingerprint density at radius 2 is 1.85 bits per heavy atom. The molecular formula is C28H43N7O4. The fourth-order valence-electron chi connectivity index (χ4n) is 5.35. The lowest BCUT2D eigenvalue weighted by atomic mass is 9.88. The number of ether oxygens (including phenoxy) is 3. The molecular weight excluding hydrogens is 498 g/mol. The first-order valence-electron chi connectivity index (χ1n) is 13.8. The lowest BCUT2D eigenvalue weighted by Gasteiger charge is -2.32. The maximum absolute atomic E-state index is 9.63. The van der Waals surface area contributed by atoms with Crippen molar-refractivity contribution in [1.82, 2.24) is 24.6 Å². The van der Waals surface area contributed by atoms with E-state index in [9.17, 15) is 5.11 Å². The molecule has 0 spiro atoms. The number of rotatable bonds is 14. The van der Waals surface area contributed by atoms with E-state index in [0.29, 0.717) is 35.9 Å². The van der Waals surface area contributed by atoms with Crippen LogP contribution in [-0.2, 0) is 11.3 Å². The molecule has 1 fully saturated rings. The van der Waals surface area contributed by atoms with Gasteiger partial charge in [0.2, 0.25) is 5.95 Å². The summed E-state index contributed by atoms with van der Waals surface area (Å²) >= 11 is 0. The van der Waals surface area contributed by atoms with Crippen LogP contribution in [0.25, 0.3) is 11.0 Å². The number of hydrogen-bond acceptors (Lipinski definition) is 10. The molecule has 4 rings (SSSR count). The third-order valence-electron chi connectivity index (χ3n) is 7.46. The SMILES string of the molecule is CCCCN(CCO)c1nc(N)nc2cn(Cc3cc(OC)c(C4CCN(CCOC)CC4)cc3OC)nc12. The summed E-state index contributed by atoms with van der Waals surface area (Å²) in [6, 6.07) is 4.20. The second-order valence-corrected chi connectivity index (χ2v) is 10.0. The van der Waals surface area contributed by atoms with Crippen molar-refractivity contribution >= 4 is 22.8 Å². The Morgan fingerprint density at radius 1 is 1.08 bits per heavy atom. The highest BCUT2D eigenvalue weighted by atomic mass is 16.5. The Bertz CT molecular complexity index is 1210. The molecule has 0 amide bonds. The van der Waals surface area contributed by atoms with Gasteiger partial charge in [0.25, 0.3) is 0 Å². The minimum Gasteiger partial charge on any atom is -0.496 e. The minimum absolute atomic E-state index is 0.0192. The normalized spacial score (nSPS) is 14.7. The number of aliphatic hydroxyl groups is 1. The van der Waals surface area contributed by atoms with Crippen LogP contribution in [0.2, 0.25) is 0 Å². The predicted molar refractivity (Wildman–Crippen MR) is 153 cm³/mol. The second-order valence-electron chi connectivity index (χ2n) is 10.0. The molecule has 0 saturated carbocycles.